The minimum atomic E-state index is -4.47. The normalized spacial score (nSPS) is 17.1. The van der Waals surface area contributed by atoms with E-state index in [1.54, 1.807) is 18.2 Å². The van der Waals surface area contributed by atoms with E-state index >= 15 is 0 Å². The third-order valence-corrected chi connectivity index (χ3v) is 5.44. The molecule has 0 bridgehead atoms. The Balaban J connectivity index is 1.72. The molecule has 1 N–H and O–H groups in total. The Kier molecular flexibility index (Phi) is 6.01. The molecule has 0 saturated carbocycles. The first-order valence-corrected chi connectivity index (χ1v) is 9.91. The van der Waals surface area contributed by atoms with Gasteiger partial charge in [-0.25, -0.2) is 9.07 Å². The molecule has 0 aliphatic carbocycles. The first-order chi connectivity index (χ1) is 14.8. The molecule has 4 rings (SSSR count). The molecule has 2 heterocycles. The smallest absolute Gasteiger partial charge is 0.393 e. The lowest BCUT2D eigenvalue weighted by Gasteiger charge is -2.36. The summed E-state index contributed by atoms with van der Waals surface area (Å²) in [5, 5.41) is 21.8. The summed E-state index contributed by atoms with van der Waals surface area (Å²) in [6, 6.07) is 10.4. The Hall–Kier alpha value is -2.85. The van der Waals surface area contributed by atoms with Crippen molar-refractivity contribution in [2.45, 2.75) is 37.7 Å². The van der Waals surface area contributed by atoms with Gasteiger partial charge in [-0.3, -0.25) is 4.90 Å². The zero-order chi connectivity index (χ0) is 22.0. The van der Waals surface area contributed by atoms with Gasteiger partial charge < -0.3 is 5.11 Å². The molecule has 0 spiro atoms. The Morgan fingerprint density at radius 2 is 1.77 bits per heavy atom. The van der Waals surface area contributed by atoms with Crippen LogP contribution in [0.1, 0.15) is 41.4 Å². The lowest BCUT2D eigenvalue weighted by atomic mass is 9.98. The van der Waals surface area contributed by atoms with E-state index in [4.69, 9.17) is 0 Å². The molecule has 31 heavy (non-hydrogen) atoms. The van der Waals surface area contributed by atoms with Crippen LogP contribution in [-0.2, 0) is 12.7 Å². The summed E-state index contributed by atoms with van der Waals surface area (Å²) in [5.74, 6) is 0.0226. The van der Waals surface area contributed by atoms with Crippen LogP contribution < -0.4 is 0 Å². The van der Waals surface area contributed by atoms with E-state index in [0.29, 0.717) is 37.3 Å². The number of alkyl halides is 3. The zero-order valence-electron chi connectivity index (χ0n) is 16.5. The van der Waals surface area contributed by atoms with Crippen molar-refractivity contribution in [3.05, 3.63) is 76.9 Å². The second kappa shape index (κ2) is 8.72. The summed E-state index contributed by atoms with van der Waals surface area (Å²) in [5.41, 5.74) is 0.429. The van der Waals surface area contributed by atoms with Crippen molar-refractivity contribution in [1.82, 2.24) is 25.1 Å². The van der Waals surface area contributed by atoms with Gasteiger partial charge >= 0.3 is 6.18 Å². The van der Waals surface area contributed by atoms with Gasteiger partial charge in [-0.15, -0.1) is 5.10 Å². The Morgan fingerprint density at radius 1 is 1.06 bits per heavy atom. The molecule has 1 atom stereocenters. The van der Waals surface area contributed by atoms with Gasteiger partial charge in [0.2, 0.25) is 0 Å². The van der Waals surface area contributed by atoms with Gasteiger partial charge in [0.15, 0.2) is 5.82 Å². The number of hydrogen-bond donors (Lipinski definition) is 1. The molecule has 0 amide bonds. The van der Waals surface area contributed by atoms with Crippen molar-refractivity contribution in [3.8, 4) is 0 Å². The predicted octanol–water partition coefficient (Wildman–Crippen LogP) is 3.43. The zero-order valence-corrected chi connectivity index (χ0v) is 16.5. The molecular formula is C21H21F4N5O. The van der Waals surface area contributed by atoms with E-state index in [1.165, 1.54) is 22.9 Å². The molecule has 1 fully saturated rings. The molecule has 1 unspecified atom stereocenters. The second-order valence-electron chi connectivity index (χ2n) is 7.61. The Labute approximate surface area is 176 Å². The molecular weight excluding hydrogens is 414 g/mol. The van der Waals surface area contributed by atoms with Crippen LogP contribution in [0.3, 0.4) is 0 Å². The summed E-state index contributed by atoms with van der Waals surface area (Å²) in [7, 11) is 0. The summed E-state index contributed by atoms with van der Waals surface area (Å²) in [6.07, 6.45) is -3.89. The molecule has 1 aliphatic rings. The maximum absolute atomic E-state index is 13.3. The molecule has 2 aromatic carbocycles. The molecule has 164 valence electrons. The van der Waals surface area contributed by atoms with Crippen LogP contribution in [0.2, 0.25) is 0 Å². The maximum Gasteiger partial charge on any atom is 0.416 e. The topological polar surface area (TPSA) is 67.1 Å². The minimum Gasteiger partial charge on any atom is -0.393 e. The van der Waals surface area contributed by atoms with Gasteiger partial charge in [-0.2, -0.15) is 13.2 Å². The summed E-state index contributed by atoms with van der Waals surface area (Å²) in [6.45, 7) is 1.23. The number of aliphatic hydroxyl groups excluding tert-OH is 1. The van der Waals surface area contributed by atoms with Gasteiger partial charge in [0.05, 0.1) is 24.3 Å². The average Bonchev–Trinajstić information content (AvgIpc) is 3.19. The number of hydrogen-bond acceptors (Lipinski definition) is 5. The van der Waals surface area contributed by atoms with E-state index in [1.807, 2.05) is 4.90 Å². The fraction of sp³-hybridized carbons (Fsp3) is 0.381. The highest BCUT2D eigenvalue weighted by atomic mass is 19.4. The van der Waals surface area contributed by atoms with Gasteiger partial charge in [0.1, 0.15) is 5.82 Å². The summed E-state index contributed by atoms with van der Waals surface area (Å²) < 4.78 is 54.8. The fourth-order valence-electron chi connectivity index (χ4n) is 3.84. The molecule has 1 aliphatic heterocycles. The third kappa shape index (κ3) is 4.91. The third-order valence-electron chi connectivity index (χ3n) is 5.44. The number of likely N-dealkylation sites (tertiary alicyclic amines) is 1. The summed E-state index contributed by atoms with van der Waals surface area (Å²) >= 11 is 0. The fourth-order valence-corrected chi connectivity index (χ4v) is 3.84. The number of halogens is 4. The van der Waals surface area contributed by atoms with E-state index < -0.39 is 23.9 Å². The monoisotopic (exact) mass is 435 g/mol. The van der Waals surface area contributed by atoms with Crippen molar-refractivity contribution in [1.29, 1.82) is 0 Å². The lowest BCUT2D eigenvalue weighted by Crippen LogP contribution is -2.40. The van der Waals surface area contributed by atoms with Gasteiger partial charge in [-0.1, -0.05) is 24.3 Å². The number of nitrogens with zero attached hydrogens (tertiary/aromatic N) is 5. The molecule has 0 radical (unpaired) electrons. The van der Waals surface area contributed by atoms with E-state index in [0.717, 1.165) is 17.7 Å². The van der Waals surface area contributed by atoms with Crippen molar-refractivity contribution in [2.24, 2.45) is 0 Å². The van der Waals surface area contributed by atoms with Gasteiger partial charge in [0, 0.05) is 13.1 Å². The number of aromatic nitrogens is 4. The molecule has 10 heteroatoms. The van der Waals surface area contributed by atoms with Crippen LogP contribution in [0.4, 0.5) is 17.6 Å². The van der Waals surface area contributed by atoms with Crippen LogP contribution in [0.15, 0.2) is 48.5 Å². The predicted molar refractivity (Wildman–Crippen MR) is 103 cm³/mol. The van der Waals surface area contributed by atoms with Crippen LogP contribution in [-0.4, -0.2) is 49.4 Å². The highest BCUT2D eigenvalue weighted by Crippen LogP contribution is 2.35. The van der Waals surface area contributed by atoms with Crippen LogP contribution in [0.25, 0.3) is 0 Å². The van der Waals surface area contributed by atoms with Crippen LogP contribution in [0.5, 0.6) is 0 Å². The Bertz CT molecular complexity index is 1010. The number of tetrazole rings is 1. The molecule has 1 saturated heterocycles. The standard InChI is InChI=1S/C21H21F4N5O/c22-17-6-4-14(5-7-17)13-30-20(26-27-28-30)19(29-10-8-18(31)9-11-29)15-2-1-3-16(12-15)21(23,24)25/h1-7,12,18-19,31H,8-11,13H2. The Morgan fingerprint density at radius 3 is 2.45 bits per heavy atom. The number of benzene rings is 2. The van der Waals surface area contributed by atoms with Crippen molar-refractivity contribution in [3.63, 3.8) is 0 Å². The average molecular weight is 435 g/mol. The lowest BCUT2D eigenvalue weighted by molar-refractivity contribution is -0.137. The number of piperidine rings is 1. The highest BCUT2D eigenvalue weighted by molar-refractivity contribution is 5.31. The highest BCUT2D eigenvalue weighted by Gasteiger charge is 2.34. The maximum atomic E-state index is 13.3. The molecule has 1 aromatic heterocycles. The second-order valence-corrected chi connectivity index (χ2v) is 7.61. The van der Waals surface area contributed by atoms with Crippen molar-refractivity contribution < 1.29 is 22.7 Å². The van der Waals surface area contributed by atoms with Gasteiger partial charge in [-0.05, 0) is 58.7 Å². The van der Waals surface area contributed by atoms with Gasteiger partial charge in [0.25, 0.3) is 0 Å². The van der Waals surface area contributed by atoms with Crippen LogP contribution >= 0.6 is 0 Å². The summed E-state index contributed by atoms with van der Waals surface area (Å²) in [4.78, 5) is 1.98. The quantitative estimate of drug-likeness (QED) is 0.622. The first kappa shape index (κ1) is 21.4. The number of rotatable bonds is 5. The SMILES string of the molecule is OC1CCN(C(c2cccc(C(F)(F)F)c2)c2nnnn2Cc2ccc(F)cc2)CC1. The van der Waals surface area contributed by atoms with E-state index in [9.17, 15) is 22.7 Å². The van der Waals surface area contributed by atoms with Crippen molar-refractivity contribution in [2.75, 3.05) is 13.1 Å². The van der Waals surface area contributed by atoms with Crippen LogP contribution in [0, 0.1) is 5.82 Å². The molecule has 6 nitrogen and oxygen atoms in total. The number of aliphatic hydroxyl groups is 1. The first-order valence-electron chi connectivity index (χ1n) is 9.91. The minimum absolute atomic E-state index is 0.245. The van der Waals surface area contributed by atoms with E-state index in [-0.39, 0.29) is 12.4 Å². The van der Waals surface area contributed by atoms with Crippen molar-refractivity contribution >= 4 is 0 Å². The van der Waals surface area contributed by atoms with E-state index in [2.05, 4.69) is 15.5 Å². The molecule has 3 aromatic rings. The largest absolute Gasteiger partial charge is 0.416 e.